The molecule has 8 nitrogen and oxygen atoms in total. The Bertz CT molecular complexity index is 1210. The minimum atomic E-state index is -2.99. The first kappa shape index (κ1) is 23.2. The molecule has 1 N–H and O–H groups in total. The van der Waals surface area contributed by atoms with E-state index >= 15 is 0 Å². The molecule has 4 rings (SSSR count). The highest BCUT2D eigenvalue weighted by molar-refractivity contribution is 7.17. The number of ether oxygens (including phenoxy) is 4. The summed E-state index contributed by atoms with van der Waals surface area (Å²) in [5, 5.41) is 2.06. The van der Waals surface area contributed by atoms with Gasteiger partial charge in [-0.05, 0) is 60.2 Å². The fourth-order valence-electron chi connectivity index (χ4n) is 3.02. The number of carbonyl (C=O) groups excluding carboxylic acids is 3. The average molecular weight is 489 g/mol. The first-order chi connectivity index (χ1) is 16.4. The van der Waals surface area contributed by atoms with Crippen LogP contribution in [0.25, 0.3) is 10.4 Å². The Morgan fingerprint density at radius 2 is 1.71 bits per heavy atom. The van der Waals surface area contributed by atoms with Crippen molar-refractivity contribution in [2.45, 2.75) is 6.61 Å². The predicted molar refractivity (Wildman–Crippen MR) is 117 cm³/mol. The molecule has 1 aliphatic rings. The molecule has 0 radical (unpaired) electrons. The van der Waals surface area contributed by atoms with Crippen LogP contribution in [0.1, 0.15) is 20.0 Å². The van der Waals surface area contributed by atoms with Crippen molar-refractivity contribution < 1.29 is 42.1 Å². The van der Waals surface area contributed by atoms with Crippen LogP contribution in [-0.4, -0.2) is 44.2 Å². The van der Waals surface area contributed by atoms with E-state index in [0.29, 0.717) is 24.7 Å². The second kappa shape index (κ2) is 10.3. The lowest BCUT2D eigenvalue weighted by Gasteiger charge is -2.18. The van der Waals surface area contributed by atoms with Crippen LogP contribution >= 0.6 is 11.3 Å². The monoisotopic (exact) mass is 489 g/mol. The summed E-state index contributed by atoms with van der Waals surface area (Å²) in [7, 11) is 0. The van der Waals surface area contributed by atoms with Crippen molar-refractivity contribution in [3.63, 3.8) is 0 Å². The second-order valence-electron chi connectivity index (χ2n) is 6.88. The fraction of sp³-hybridized carbons (Fsp3) is 0.174. The lowest BCUT2D eigenvalue weighted by atomic mass is 10.1. The van der Waals surface area contributed by atoms with Crippen LogP contribution in [-0.2, 0) is 9.53 Å². The van der Waals surface area contributed by atoms with Crippen LogP contribution in [0, 0.1) is 0 Å². The van der Waals surface area contributed by atoms with Crippen LogP contribution in [0.5, 0.6) is 17.2 Å². The summed E-state index contributed by atoms with van der Waals surface area (Å²) in [6.07, 6.45) is 0. The molecule has 34 heavy (non-hydrogen) atoms. The first-order valence-electron chi connectivity index (χ1n) is 9.95. The Morgan fingerprint density at radius 1 is 0.971 bits per heavy atom. The highest BCUT2D eigenvalue weighted by Crippen LogP contribution is 2.37. The number of thiophene rings is 1. The number of rotatable bonds is 7. The molecule has 0 aliphatic carbocycles. The molecule has 0 saturated carbocycles. The van der Waals surface area contributed by atoms with Crippen molar-refractivity contribution in [2.24, 2.45) is 0 Å². The van der Waals surface area contributed by atoms with Crippen LogP contribution in [0.4, 0.5) is 8.78 Å². The third-order valence-corrected chi connectivity index (χ3v) is 5.68. The molecule has 2 heterocycles. The second-order valence-corrected chi connectivity index (χ2v) is 7.96. The maximum atomic E-state index is 12.3. The first-order valence-corrected chi connectivity index (χ1v) is 10.8. The average Bonchev–Trinajstić information content (AvgIpc) is 3.33. The highest BCUT2D eigenvalue weighted by Gasteiger charge is 2.18. The zero-order valence-electron chi connectivity index (χ0n) is 17.4. The standard InChI is InChI=1S/C23H17F2NO7S/c24-23(25)33-15-4-1-13(2-5-15)21(28)26-20(27)12-32-22(29)19-8-7-18(34-19)14-3-6-16-17(11-14)31-10-9-30-16/h1-8,11,23H,9-10,12H2,(H,26,27,28). The van der Waals surface area contributed by atoms with Crippen molar-refractivity contribution in [3.05, 3.63) is 65.0 Å². The minimum Gasteiger partial charge on any atom is -0.486 e. The molecule has 1 aromatic heterocycles. The number of esters is 1. The summed E-state index contributed by atoms with van der Waals surface area (Å²) in [6.45, 7) is -2.71. The van der Waals surface area contributed by atoms with E-state index in [-0.39, 0.29) is 16.2 Å². The summed E-state index contributed by atoms with van der Waals surface area (Å²) in [5.74, 6) is -1.18. The molecule has 0 bridgehead atoms. The summed E-state index contributed by atoms with van der Waals surface area (Å²) in [6, 6.07) is 13.6. The topological polar surface area (TPSA) is 100 Å². The van der Waals surface area contributed by atoms with Gasteiger partial charge < -0.3 is 18.9 Å². The SMILES string of the molecule is O=C(COC(=O)c1ccc(-c2ccc3c(c2)OCCO3)s1)NC(=O)c1ccc(OC(F)F)cc1. The smallest absolute Gasteiger partial charge is 0.387 e. The number of alkyl halides is 2. The lowest BCUT2D eigenvalue weighted by molar-refractivity contribution is -0.123. The predicted octanol–water partition coefficient (Wildman–Crippen LogP) is 3.90. The number of hydrogen-bond acceptors (Lipinski definition) is 8. The number of carbonyl (C=O) groups is 3. The quantitative estimate of drug-likeness (QED) is 0.503. The number of halogens is 2. The van der Waals surface area contributed by atoms with Gasteiger partial charge in [0.15, 0.2) is 18.1 Å². The van der Waals surface area contributed by atoms with Crippen LogP contribution in [0.3, 0.4) is 0 Å². The molecule has 0 spiro atoms. The van der Waals surface area contributed by atoms with Gasteiger partial charge in [0.2, 0.25) is 0 Å². The van der Waals surface area contributed by atoms with Crippen molar-refractivity contribution in [1.82, 2.24) is 5.32 Å². The normalized spacial score (nSPS) is 12.2. The van der Waals surface area contributed by atoms with E-state index in [1.54, 1.807) is 18.2 Å². The van der Waals surface area contributed by atoms with Crippen molar-refractivity contribution in [2.75, 3.05) is 19.8 Å². The molecule has 0 unspecified atom stereocenters. The fourth-order valence-corrected chi connectivity index (χ4v) is 3.92. The molecule has 1 aliphatic heterocycles. The molecule has 0 saturated heterocycles. The third-order valence-electron chi connectivity index (χ3n) is 4.56. The molecule has 0 fully saturated rings. The van der Waals surface area contributed by atoms with Gasteiger partial charge in [-0.1, -0.05) is 0 Å². The van der Waals surface area contributed by atoms with E-state index < -0.39 is 31.0 Å². The number of benzene rings is 2. The molecular formula is C23H17F2NO7S. The molecule has 2 amide bonds. The lowest BCUT2D eigenvalue weighted by Crippen LogP contribution is -2.34. The number of amides is 2. The molecule has 11 heteroatoms. The van der Waals surface area contributed by atoms with Gasteiger partial charge in [0.1, 0.15) is 23.8 Å². The van der Waals surface area contributed by atoms with E-state index in [1.165, 1.54) is 35.6 Å². The van der Waals surface area contributed by atoms with Gasteiger partial charge in [-0.25, -0.2) is 4.79 Å². The number of imide groups is 1. The van der Waals surface area contributed by atoms with E-state index in [1.807, 2.05) is 12.1 Å². The Morgan fingerprint density at radius 3 is 2.44 bits per heavy atom. The molecular weight excluding hydrogens is 472 g/mol. The number of nitrogens with one attached hydrogen (secondary N) is 1. The maximum Gasteiger partial charge on any atom is 0.387 e. The summed E-state index contributed by atoms with van der Waals surface area (Å²) >= 11 is 1.18. The zero-order valence-corrected chi connectivity index (χ0v) is 18.2. The molecule has 2 aromatic carbocycles. The largest absolute Gasteiger partial charge is 0.486 e. The number of hydrogen-bond donors (Lipinski definition) is 1. The van der Waals surface area contributed by atoms with Crippen LogP contribution in [0.2, 0.25) is 0 Å². The van der Waals surface area contributed by atoms with Gasteiger partial charge in [0.05, 0.1) is 0 Å². The Labute approximate surface area is 196 Å². The van der Waals surface area contributed by atoms with Gasteiger partial charge in [-0.3, -0.25) is 14.9 Å². The maximum absolute atomic E-state index is 12.3. The van der Waals surface area contributed by atoms with E-state index in [4.69, 9.17) is 14.2 Å². The van der Waals surface area contributed by atoms with E-state index in [0.717, 1.165) is 10.4 Å². The van der Waals surface area contributed by atoms with Gasteiger partial charge in [0.25, 0.3) is 11.8 Å². The summed E-state index contributed by atoms with van der Waals surface area (Å²) < 4.78 is 44.6. The minimum absolute atomic E-state index is 0.0450. The van der Waals surface area contributed by atoms with Crippen molar-refractivity contribution in [1.29, 1.82) is 0 Å². The molecule has 0 atom stereocenters. The van der Waals surface area contributed by atoms with Crippen molar-refractivity contribution >= 4 is 29.1 Å². The van der Waals surface area contributed by atoms with Crippen molar-refractivity contribution in [3.8, 4) is 27.7 Å². The molecule has 3 aromatic rings. The highest BCUT2D eigenvalue weighted by atomic mass is 32.1. The summed E-state index contributed by atoms with van der Waals surface area (Å²) in [4.78, 5) is 37.5. The van der Waals surface area contributed by atoms with E-state index in [9.17, 15) is 23.2 Å². The Hall–Kier alpha value is -3.99. The third kappa shape index (κ3) is 5.67. The van der Waals surface area contributed by atoms with Gasteiger partial charge >= 0.3 is 12.6 Å². The van der Waals surface area contributed by atoms with E-state index in [2.05, 4.69) is 10.1 Å². The Kier molecular flexibility index (Phi) is 7.02. The van der Waals surface area contributed by atoms with Gasteiger partial charge in [0, 0.05) is 10.4 Å². The van der Waals surface area contributed by atoms with Gasteiger partial charge in [-0.2, -0.15) is 8.78 Å². The number of fused-ring (bicyclic) bond motifs is 1. The van der Waals surface area contributed by atoms with Gasteiger partial charge in [-0.15, -0.1) is 11.3 Å². The van der Waals surface area contributed by atoms with Crippen LogP contribution in [0.15, 0.2) is 54.6 Å². The van der Waals surface area contributed by atoms with Crippen LogP contribution < -0.4 is 19.5 Å². The molecule has 176 valence electrons. The Balaban J connectivity index is 1.29. The zero-order chi connectivity index (χ0) is 24.1. The summed E-state index contributed by atoms with van der Waals surface area (Å²) in [5.41, 5.74) is 0.880.